The molecule has 0 aliphatic carbocycles. The van der Waals surface area contributed by atoms with Crippen molar-refractivity contribution in [3.8, 4) is 0 Å². The molecule has 104 valence electrons. The van der Waals surface area contributed by atoms with Gasteiger partial charge in [-0.15, -0.1) is 0 Å². The summed E-state index contributed by atoms with van der Waals surface area (Å²) in [5.41, 5.74) is 1.84. The zero-order chi connectivity index (χ0) is 13.9. The van der Waals surface area contributed by atoms with Crippen LogP contribution in [0.3, 0.4) is 0 Å². The van der Waals surface area contributed by atoms with Gasteiger partial charge < -0.3 is 14.1 Å². The molecule has 0 radical (unpaired) electrons. The normalized spacial score (nSPS) is 11.3. The van der Waals surface area contributed by atoms with Gasteiger partial charge in [-0.25, -0.2) is 9.97 Å². The van der Waals surface area contributed by atoms with Gasteiger partial charge in [0.15, 0.2) is 0 Å². The van der Waals surface area contributed by atoms with Gasteiger partial charge in [0.05, 0.1) is 23.5 Å². The van der Waals surface area contributed by atoms with E-state index in [2.05, 4.69) is 15.3 Å². The lowest BCUT2D eigenvalue weighted by atomic mass is 10.4. The summed E-state index contributed by atoms with van der Waals surface area (Å²) in [5.74, 6) is 1.61. The molecule has 0 amide bonds. The average Bonchev–Trinajstić information content (AvgIpc) is 3.04. The predicted molar refractivity (Wildman–Crippen MR) is 76.6 cm³/mol. The highest BCUT2D eigenvalue weighted by molar-refractivity contribution is 6.30. The Morgan fingerprint density at radius 2 is 2.20 bits per heavy atom. The van der Waals surface area contributed by atoms with Gasteiger partial charge in [-0.05, 0) is 12.1 Å². The number of nitrogens with one attached hydrogen (secondary N) is 1. The van der Waals surface area contributed by atoms with Gasteiger partial charge in [0.2, 0.25) is 5.89 Å². The van der Waals surface area contributed by atoms with Crippen LogP contribution in [-0.2, 0) is 19.5 Å². The number of hydrogen-bond donors (Lipinski definition) is 1. The number of oxazole rings is 1. The molecular formula is C14H15ClN4O. The van der Waals surface area contributed by atoms with E-state index >= 15 is 0 Å². The zero-order valence-corrected chi connectivity index (χ0v) is 11.9. The molecule has 0 fully saturated rings. The molecule has 0 aromatic carbocycles. The quantitative estimate of drug-likeness (QED) is 0.785. The summed E-state index contributed by atoms with van der Waals surface area (Å²) in [6.07, 6.45) is 6.43. The van der Waals surface area contributed by atoms with Crippen molar-refractivity contribution in [3.63, 3.8) is 0 Å². The van der Waals surface area contributed by atoms with E-state index in [1.54, 1.807) is 6.20 Å². The first kappa shape index (κ1) is 13.1. The minimum absolute atomic E-state index is 0.592. The fourth-order valence-corrected chi connectivity index (χ4v) is 2.16. The lowest BCUT2D eigenvalue weighted by molar-refractivity contribution is 0.438. The summed E-state index contributed by atoms with van der Waals surface area (Å²) in [7, 11) is 0. The van der Waals surface area contributed by atoms with Gasteiger partial charge in [0.25, 0.3) is 0 Å². The van der Waals surface area contributed by atoms with E-state index in [4.69, 9.17) is 16.0 Å². The second-order valence-corrected chi connectivity index (χ2v) is 4.96. The third-order valence-corrected chi connectivity index (χ3v) is 3.22. The largest absolute Gasteiger partial charge is 0.444 e. The summed E-state index contributed by atoms with van der Waals surface area (Å²) in [5, 5.41) is 3.96. The van der Waals surface area contributed by atoms with Crippen LogP contribution in [0.5, 0.6) is 0 Å². The molecule has 3 aromatic heterocycles. The van der Waals surface area contributed by atoms with Crippen LogP contribution >= 0.6 is 11.6 Å². The lowest BCUT2D eigenvalue weighted by Crippen LogP contribution is -2.13. The Morgan fingerprint density at radius 1 is 1.30 bits per heavy atom. The number of aromatic nitrogens is 3. The molecule has 3 heterocycles. The summed E-state index contributed by atoms with van der Waals surface area (Å²) in [6.45, 7) is 3.29. The maximum Gasteiger partial charge on any atom is 0.208 e. The third kappa shape index (κ3) is 2.84. The molecule has 0 spiro atoms. The van der Waals surface area contributed by atoms with Gasteiger partial charge in [-0.3, -0.25) is 0 Å². The number of pyridine rings is 1. The van der Waals surface area contributed by atoms with Crippen molar-refractivity contribution in [2.75, 3.05) is 0 Å². The monoisotopic (exact) mass is 290 g/mol. The topological polar surface area (TPSA) is 55.4 Å². The molecule has 5 nitrogen and oxygen atoms in total. The lowest BCUT2D eigenvalue weighted by Gasteiger charge is -1.98. The second kappa shape index (κ2) is 5.64. The number of halogens is 1. The van der Waals surface area contributed by atoms with Crippen LogP contribution in [0.4, 0.5) is 0 Å². The first-order valence-corrected chi connectivity index (χ1v) is 6.90. The smallest absolute Gasteiger partial charge is 0.208 e. The van der Waals surface area contributed by atoms with Crippen molar-refractivity contribution in [3.05, 3.63) is 53.1 Å². The highest BCUT2D eigenvalue weighted by Gasteiger charge is 2.04. The van der Waals surface area contributed by atoms with E-state index in [0.717, 1.165) is 23.5 Å². The molecule has 0 saturated carbocycles. The van der Waals surface area contributed by atoms with Crippen LogP contribution in [0, 0.1) is 0 Å². The summed E-state index contributed by atoms with van der Waals surface area (Å²) < 4.78 is 7.45. The first-order chi connectivity index (χ1) is 9.74. The standard InChI is InChI=1S/C14H15ClN4O/c1-2-12-6-17-14(20-12)7-16-5-11-9-19-8-10(15)3-4-13(19)18-11/h3-4,6,8-9,16H,2,5,7H2,1H3. The minimum atomic E-state index is 0.592. The zero-order valence-electron chi connectivity index (χ0n) is 11.1. The summed E-state index contributed by atoms with van der Waals surface area (Å²) in [4.78, 5) is 8.70. The Hall–Kier alpha value is -1.85. The van der Waals surface area contributed by atoms with Crippen LogP contribution in [-0.4, -0.2) is 14.4 Å². The van der Waals surface area contributed by atoms with Crippen molar-refractivity contribution in [2.45, 2.75) is 26.4 Å². The van der Waals surface area contributed by atoms with E-state index in [-0.39, 0.29) is 0 Å². The number of rotatable bonds is 5. The Balaban J connectivity index is 1.62. The Kier molecular flexibility index (Phi) is 3.71. The van der Waals surface area contributed by atoms with Crippen molar-refractivity contribution in [1.29, 1.82) is 0 Å². The van der Waals surface area contributed by atoms with Gasteiger partial charge in [0.1, 0.15) is 11.4 Å². The molecule has 0 bridgehead atoms. The maximum atomic E-state index is 5.94. The molecule has 3 aromatic rings. The molecular weight excluding hydrogens is 276 g/mol. The fraction of sp³-hybridized carbons (Fsp3) is 0.286. The summed E-state index contributed by atoms with van der Waals surface area (Å²) in [6, 6.07) is 3.73. The van der Waals surface area contributed by atoms with E-state index < -0.39 is 0 Å². The molecule has 0 atom stereocenters. The van der Waals surface area contributed by atoms with Crippen molar-refractivity contribution in [2.24, 2.45) is 0 Å². The van der Waals surface area contributed by atoms with Gasteiger partial charge in [-0.1, -0.05) is 18.5 Å². The van der Waals surface area contributed by atoms with Crippen molar-refractivity contribution >= 4 is 17.2 Å². The number of fused-ring (bicyclic) bond motifs is 1. The van der Waals surface area contributed by atoms with E-state index in [1.807, 2.05) is 35.9 Å². The first-order valence-electron chi connectivity index (χ1n) is 6.52. The molecule has 0 aliphatic heterocycles. The SMILES string of the molecule is CCc1cnc(CNCc2cn3cc(Cl)ccc3n2)o1. The van der Waals surface area contributed by atoms with E-state index in [9.17, 15) is 0 Å². The van der Waals surface area contributed by atoms with Gasteiger partial charge >= 0.3 is 0 Å². The number of nitrogens with zero attached hydrogens (tertiary/aromatic N) is 3. The Labute approximate surface area is 121 Å². The van der Waals surface area contributed by atoms with Crippen LogP contribution in [0.15, 0.2) is 35.1 Å². The molecule has 0 aliphatic rings. The second-order valence-electron chi connectivity index (χ2n) is 4.52. The molecule has 20 heavy (non-hydrogen) atoms. The molecule has 0 unspecified atom stereocenters. The maximum absolute atomic E-state index is 5.94. The van der Waals surface area contributed by atoms with Crippen molar-refractivity contribution in [1.82, 2.24) is 19.7 Å². The van der Waals surface area contributed by atoms with E-state index in [1.165, 1.54) is 0 Å². The summed E-state index contributed by atoms with van der Waals surface area (Å²) >= 11 is 5.94. The Bertz CT molecular complexity index is 719. The third-order valence-electron chi connectivity index (χ3n) is 3.00. The predicted octanol–water partition coefficient (Wildman–Crippen LogP) is 2.83. The highest BCUT2D eigenvalue weighted by atomic mass is 35.5. The number of imidazole rings is 1. The number of hydrogen-bond acceptors (Lipinski definition) is 4. The van der Waals surface area contributed by atoms with Crippen LogP contribution < -0.4 is 5.32 Å². The Morgan fingerprint density at radius 3 is 3.00 bits per heavy atom. The van der Waals surface area contributed by atoms with Crippen molar-refractivity contribution < 1.29 is 4.42 Å². The van der Waals surface area contributed by atoms with Gasteiger partial charge in [-0.2, -0.15) is 0 Å². The van der Waals surface area contributed by atoms with Crippen LogP contribution in [0.2, 0.25) is 5.02 Å². The molecule has 3 rings (SSSR count). The van der Waals surface area contributed by atoms with Crippen LogP contribution in [0.1, 0.15) is 24.3 Å². The molecule has 0 saturated heterocycles. The molecule has 1 N–H and O–H groups in total. The number of aryl methyl sites for hydroxylation is 1. The average molecular weight is 291 g/mol. The highest BCUT2D eigenvalue weighted by Crippen LogP contribution is 2.11. The van der Waals surface area contributed by atoms with Crippen LogP contribution in [0.25, 0.3) is 5.65 Å². The van der Waals surface area contributed by atoms with Gasteiger partial charge in [0, 0.05) is 25.4 Å². The molecule has 6 heteroatoms. The van der Waals surface area contributed by atoms with E-state index in [0.29, 0.717) is 24.0 Å². The fourth-order valence-electron chi connectivity index (χ4n) is 1.99. The minimum Gasteiger partial charge on any atom is -0.444 e.